The molecule has 0 heterocycles. The van der Waals surface area contributed by atoms with E-state index in [9.17, 15) is 30.7 Å². The molecule has 0 aliphatic rings. The van der Waals surface area contributed by atoms with Gasteiger partial charge in [-0.3, -0.25) is 4.39 Å². The van der Waals surface area contributed by atoms with Crippen molar-refractivity contribution in [2.24, 2.45) is 0 Å². The van der Waals surface area contributed by atoms with Crippen LogP contribution in [0.3, 0.4) is 0 Å². The first-order valence-corrected chi connectivity index (χ1v) is 3.45. The van der Waals surface area contributed by atoms with Crippen LogP contribution in [0.1, 0.15) is 6.42 Å². The van der Waals surface area contributed by atoms with Crippen LogP contribution in [-0.2, 0) is 0 Å². The Kier molecular flexibility index (Phi) is 3.58. The summed E-state index contributed by atoms with van der Waals surface area (Å²) in [5.41, 5.74) is 0. The first-order valence-electron chi connectivity index (χ1n) is 3.45. The highest BCUT2D eigenvalue weighted by atomic mass is 19.3. The molecule has 0 unspecified atom stereocenters. The van der Waals surface area contributed by atoms with Crippen molar-refractivity contribution in [2.75, 3.05) is 6.67 Å². The van der Waals surface area contributed by atoms with Gasteiger partial charge in [-0.25, -0.2) is 0 Å². The Bertz CT molecular complexity index is 208. The standard InChI is InChI=1S/C7H7F7/c1-2-5(9,10)7(13,14)6(11,12)3-4-8/h2H,1,3-4H2. The molecule has 0 aromatic rings. The SMILES string of the molecule is C=CC(F)(F)C(F)(F)C(F)(F)CCF. The molecule has 7 heteroatoms. The molecule has 0 spiro atoms. The van der Waals surface area contributed by atoms with Crippen molar-refractivity contribution in [3.63, 3.8) is 0 Å². The maximum absolute atomic E-state index is 12.4. The van der Waals surface area contributed by atoms with Crippen LogP contribution < -0.4 is 0 Å². The molecule has 0 aromatic heterocycles. The second-order valence-corrected chi connectivity index (χ2v) is 2.54. The van der Waals surface area contributed by atoms with Crippen molar-refractivity contribution in [3.05, 3.63) is 12.7 Å². The molecule has 0 aliphatic carbocycles. The molecule has 0 atom stereocenters. The second-order valence-electron chi connectivity index (χ2n) is 2.54. The lowest BCUT2D eigenvalue weighted by molar-refractivity contribution is -0.294. The maximum Gasteiger partial charge on any atom is 0.375 e. The average Bonchev–Trinajstić information content (AvgIpc) is 2.03. The third-order valence-corrected chi connectivity index (χ3v) is 1.54. The minimum Gasteiger partial charge on any atom is -0.251 e. The summed E-state index contributed by atoms with van der Waals surface area (Å²) in [6, 6.07) is 0. The molecule has 0 rings (SSSR count). The van der Waals surface area contributed by atoms with E-state index in [0.717, 1.165) is 0 Å². The van der Waals surface area contributed by atoms with Crippen molar-refractivity contribution in [1.29, 1.82) is 0 Å². The number of hydrogen-bond acceptors (Lipinski definition) is 0. The van der Waals surface area contributed by atoms with E-state index < -0.39 is 36.9 Å². The van der Waals surface area contributed by atoms with Crippen molar-refractivity contribution in [3.8, 4) is 0 Å². The molecular formula is C7H7F7. The summed E-state index contributed by atoms with van der Waals surface area (Å²) in [6.07, 6.45) is -2.54. The molecule has 84 valence electrons. The van der Waals surface area contributed by atoms with Crippen LogP contribution in [0.15, 0.2) is 12.7 Å². The van der Waals surface area contributed by atoms with Crippen molar-refractivity contribution < 1.29 is 30.7 Å². The topological polar surface area (TPSA) is 0 Å². The Hall–Kier alpha value is -0.750. The van der Waals surface area contributed by atoms with Crippen LogP contribution in [-0.4, -0.2) is 24.4 Å². The van der Waals surface area contributed by atoms with E-state index in [0.29, 0.717) is 0 Å². The Labute approximate surface area is 75.4 Å². The number of rotatable bonds is 5. The quantitative estimate of drug-likeness (QED) is 0.495. The predicted molar refractivity (Wildman–Crippen MR) is 35.6 cm³/mol. The van der Waals surface area contributed by atoms with Gasteiger partial charge in [0.05, 0.1) is 6.67 Å². The summed E-state index contributed by atoms with van der Waals surface area (Å²) in [5, 5.41) is 0. The number of alkyl halides is 7. The Balaban J connectivity index is 5.02. The lowest BCUT2D eigenvalue weighted by Crippen LogP contribution is -2.53. The van der Waals surface area contributed by atoms with Gasteiger partial charge >= 0.3 is 17.8 Å². The molecular weight excluding hydrogens is 217 g/mol. The van der Waals surface area contributed by atoms with Gasteiger partial charge in [-0.1, -0.05) is 6.58 Å². The van der Waals surface area contributed by atoms with E-state index in [4.69, 9.17) is 0 Å². The zero-order valence-electron chi connectivity index (χ0n) is 6.84. The number of hydrogen-bond donors (Lipinski definition) is 0. The van der Waals surface area contributed by atoms with E-state index >= 15 is 0 Å². The molecule has 0 radical (unpaired) electrons. The summed E-state index contributed by atoms with van der Waals surface area (Å²) < 4.78 is 85.6. The highest BCUT2D eigenvalue weighted by Gasteiger charge is 2.69. The number of halogens is 7. The average molecular weight is 224 g/mol. The summed E-state index contributed by atoms with van der Waals surface area (Å²) >= 11 is 0. The molecule has 0 amide bonds. The molecule has 0 N–H and O–H groups in total. The van der Waals surface area contributed by atoms with E-state index in [2.05, 4.69) is 6.58 Å². The fourth-order valence-electron chi connectivity index (χ4n) is 0.648. The van der Waals surface area contributed by atoms with Crippen molar-refractivity contribution in [2.45, 2.75) is 24.2 Å². The molecule has 14 heavy (non-hydrogen) atoms. The maximum atomic E-state index is 12.4. The highest BCUT2D eigenvalue weighted by Crippen LogP contribution is 2.47. The van der Waals surface area contributed by atoms with Crippen LogP contribution in [0, 0.1) is 0 Å². The summed E-state index contributed by atoms with van der Waals surface area (Å²) in [5.74, 6) is -15.8. The molecule has 0 saturated heterocycles. The minimum absolute atomic E-state index is 0.584. The number of allylic oxidation sites excluding steroid dienone is 1. The Morgan fingerprint density at radius 2 is 1.43 bits per heavy atom. The first kappa shape index (κ1) is 13.2. The third-order valence-electron chi connectivity index (χ3n) is 1.54. The fourth-order valence-corrected chi connectivity index (χ4v) is 0.648. The van der Waals surface area contributed by atoms with E-state index in [1.165, 1.54) is 0 Å². The van der Waals surface area contributed by atoms with Gasteiger partial charge in [0.1, 0.15) is 0 Å². The van der Waals surface area contributed by atoms with Gasteiger partial charge in [0, 0.05) is 6.42 Å². The Morgan fingerprint density at radius 3 is 1.71 bits per heavy atom. The van der Waals surface area contributed by atoms with E-state index in [1.807, 2.05) is 0 Å². The summed E-state index contributed by atoms with van der Waals surface area (Å²) in [4.78, 5) is 0. The highest BCUT2D eigenvalue weighted by molar-refractivity contribution is 5.04. The van der Waals surface area contributed by atoms with E-state index in [-0.39, 0.29) is 0 Å². The van der Waals surface area contributed by atoms with Gasteiger partial charge in [0.25, 0.3) is 0 Å². The van der Waals surface area contributed by atoms with Gasteiger partial charge < -0.3 is 0 Å². The second kappa shape index (κ2) is 3.78. The molecule has 0 aromatic carbocycles. The van der Waals surface area contributed by atoms with Crippen LogP contribution >= 0.6 is 0 Å². The zero-order chi connectivity index (χ0) is 11.6. The smallest absolute Gasteiger partial charge is 0.251 e. The summed E-state index contributed by atoms with van der Waals surface area (Å²) in [6.45, 7) is 0.505. The van der Waals surface area contributed by atoms with Crippen molar-refractivity contribution in [1.82, 2.24) is 0 Å². The lowest BCUT2D eigenvalue weighted by atomic mass is 10.0. The Morgan fingerprint density at radius 1 is 1.00 bits per heavy atom. The van der Waals surface area contributed by atoms with Crippen LogP contribution in [0.25, 0.3) is 0 Å². The van der Waals surface area contributed by atoms with Crippen LogP contribution in [0.5, 0.6) is 0 Å². The first-order chi connectivity index (χ1) is 6.12. The minimum atomic E-state index is -5.63. The van der Waals surface area contributed by atoms with Gasteiger partial charge in [0.2, 0.25) is 0 Å². The monoisotopic (exact) mass is 224 g/mol. The third kappa shape index (κ3) is 2.01. The molecule has 0 aliphatic heterocycles. The van der Waals surface area contributed by atoms with Gasteiger partial charge in [0.15, 0.2) is 0 Å². The molecule has 0 bridgehead atoms. The van der Waals surface area contributed by atoms with Gasteiger partial charge in [-0.15, -0.1) is 0 Å². The zero-order valence-corrected chi connectivity index (χ0v) is 6.84. The van der Waals surface area contributed by atoms with Gasteiger partial charge in [-0.05, 0) is 6.08 Å². The lowest BCUT2D eigenvalue weighted by Gasteiger charge is -2.30. The molecule has 0 fully saturated rings. The molecule has 0 saturated carbocycles. The molecule has 0 nitrogen and oxygen atoms in total. The van der Waals surface area contributed by atoms with E-state index in [1.54, 1.807) is 0 Å². The fraction of sp³-hybridized carbons (Fsp3) is 0.714. The normalized spacial score (nSPS) is 14.2. The van der Waals surface area contributed by atoms with Crippen molar-refractivity contribution >= 4 is 0 Å². The predicted octanol–water partition coefficient (Wildman–Crippen LogP) is 3.44. The largest absolute Gasteiger partial charge is 0.375 e. The van der Waals surface area contributed by atoms with Crippen LogP contribution in [0.4, 0.5) is 30.7 Å². The van der Waals surface area contributed by atoms with Gasteiger partial charge in [-0.2, -0.15) is 26.3 Å². The van der Waals surface area contributed by atoms with Crippen LogP contribution in [0.2, 0.25) is 0 Å². The summed E-state index contributed by atoms with van der Waals surface area (Å²) in [7, 11) is 0.